The van der Waals surface area contributed by atoms with E-state index in [-0.39, 0.29) is 17.9 Å². The van der Waals surface area contributed by atoms with E-state index >= 15 is 0 Å². The van der Waals surface area contributed by atoms with E-state index in [2.05, 4.69) is 9.97 Å². The third-order valence-electron chi connectivity index (χ3n) is 5.60. The number of pyridine rings is 1. The normalized spacial score (nSPS) is 21.9. The Morgan fingerprint density at radius 2 is 2.04 bits per heavy atom. The van der Waals surface area contributed by atoms with Crippen molar-refractivity contribution in [2.24, 2.45) is 5.92 Å². The molecule has 5 heterocycles. The van der Waals surface area contributed by atoms with Gasteiger partial charge in [-0.3, -0.25) is 14.6 Å². The van der Waals surface area contributed by atoms with Crippen molar-refractivity contribution in [2.45, 2.75) is 38.3 Å². The maximum Gasteiger partial charge on any atom is 0.255 e. The van der Waals surface area contributed by atoms with Gasteiger partial charge >= 0.3 is 0 Å². The van der Waals surface area contributed by atoms with Gasteiger partial charge in [-0.2, -0.15) is 0 Å². The molecule has 3 aliphatic rings. The Balaban J connectivity index is 1.37. The van der Waals surface area contributed by atoms with E-state index in [1.54, 1.807) is 37.1 Å². The standard InChI is InChI=1S/C20H25N5O2/c26-19(4-2-9-23-10-8-22-15-23)25-13-16-5-6-18(25)14-24(12-16)20(27)17-3-1-7-21-11-17/h1,3,7-8,10-11,15-16,18H,2,4-6,9,12-14H2/t16-,18+/m0/s1. The molecule has 2 bridgehead atoms. The quantitative estimate of drug-likeness (QED) is 0.808. The number of piperidine rings is 1. The van der Waals surface area contributed by atoms with Crippen LogP contribution in [0.25, 0.3) is 0 Å². The van der Waals surface area contributed by atoms with Crippen molar-refractivity contribution in [3.63, 3.8) is 0 Å². The second-order valence-electron chi connectivity index (χ2n) is 7.50. The molecule has 0 spiro atoms. The average Bonchev–Trinajstić information content (AvgIpc) is 3.05. The Kier molecular flexibility index (Phi) is 5.18. The highest BCUT2D eigenvalue weighted by atomic mass is 16.2. The summed E-state index contributed by atoms with van der Waals surface area (Å²) in [6.07, 6.45) is 12.2. The highest BCUT2D eigenvalue weighted by Crippen LogP contribution is 2.29. The molecule has 27 heavy (non-hydrogen) atoms. The number of hydrogen-bond acceptors (Lipinski definition) is 4. The molecule has 3 saturated heterocycles. The topological polar surface area (TPSA) is 71.3 Å². The van der Waals surface area contributed by atoms with Crippen molar-refractivity contribution in [3.8, 4) is 0 Å². The Labute approximate surface area is 159 Å². The molecule has 7 nitrogen and oxygen atoms in total. The predicted octanol–water partition coefficient (Wildman–Crippen LogP) is 1.82. The number of hydrogen-bond donors (Lipinski definition) is 0. The van der Waals surface area contributed by atoms with E-state index in [0.29, 0.717) is 24.4 Å². The van der Waals surface area contributed by atoms with Gasteiger partial charge in [0.15, 0.2) is 0 Å². The van der Waals surface area contributed by atoms with Crippen molar-refractivity contribution >= 4 is 11.8 Å². The van der Waals surface area contributed by atoms with Gasteiger partial charge in [0.1, 0.15) is 0 Å². The van der Waals surface area contributed by atoms with Gasteiger partial charge in [0, 0.05) is 63.4 Å². The van der Waals surface area contributed by atoms with Crippen molar-refractivity contribution in [1.82, 2.24) is 24.3 Å². The molecule has 0 aromatic carbocycles. The smallest absolute Gasteiger partial charge is 0.255 e. The number of carbonyl (C=O) groups excluding carboxylic acids is 2. The first-order chi connectivity index (χ1) is 13.2. The zero-order chi connectivity index (χ0) is 18.6. The molecule has 5 rings (SSSR count). The molecule has 2 aromatic rings. The minimum Gasteiger partial charge on any atom is -0.338 e. The number of imidazole rings is 1. The molecule has 3 aliphatic heterocycles. The van der Waals surface area contributed by atoms with Crippen LogP contribution in [0.2, 0.25) is 0 Å². The molecule has 0 aliphatic carbocycles. The predicted molar refractivity (Wildman–Crippen MR) is 99.8 cm³/mol. The van der Waals surface area contributed by atoms with Crippen molar-refractivity contribution in [1.29, 1.82) is 0 Å². The summed E-state index contributed by atoms with van der Waals surface area (Å²) in [5, 5.41) is 0. The van der Waals surface area contributed by atoms with Crippen LogP contribution in [0.4, 0.5) is 0 Å². The zero-order valence-electron chi connectivity index (χ0n) is 15.4. The number of amides is 2. The van der Waals surface area contributed by atoms with E-state index in [9.17, 15) is 9.59 Å². The molecule has 2 aromatic heterocycles. The molecular formula is C20H25N5O2. The fourth-order valence-corrected chi connectivity index (χ4v) is 4.20. The van der Waals surface area contributed by atoms with Crippen molar-refractivity contribution in [3.05, 3.63) is 48.8 Å². The minimum absolute atomic E-state index is 0.0226. The summed E-state index contributed by atoms with van der Waals surface area (Å²) >= 11 is 0. The summed E-state index contributed by atoms with van der Waals surface area (Å²) in [6, 6.07) is 3.72. The fraction of sp³-hybridized carbons (Fsp3) is 0.500. The highest BCUT2D eigenvalue weighted by molar-refractivity contribution is 5.94. The highest BCUT2D eigenvalue weighted by Gasteiger charge is 2.38. The lowest BCUT2D eigenvalue weighted by atomic mass is 9.94. The molecule has 0 N–H and O–H groups in total. The van der Waals surface area contributed by atoms with Gasteiger partial charge in [-0.05, 0) is 37.3 Å². The van der Waals surface area contributed by atoms with Crippen LogP contribution in [0.15, 0.2) is 43.2 Å². The number of rotatable bonds is 5. The van der Waals surface area contributed by atoms with Crippen LogP contribution >= 0.6 is 0 Å². The molecule has 7 heteroatoms. The van der Waals surface area contributed by atoms with E-state index in [0.717, 1.165) is 38.9 Å². The number of aromatic nitrogens is 3. The number of carbonyl (C=O) groups is 2. The number of fused-ring (bicyclic) bond motifs is 4. The first kappa shape index (κ1) is 17.7. The third-order valence-corrected chi connectivity index (χ3v) is 5.60. The molecule has 142 valence electrons. The van der Waals surface area contributed by atoms with Crippen LogP contribution in [0, 0.1) is 5.92 Å². The Hall–Kier alpha value is -2.70. The maximum absolute atomic E-state index is 12.8. The fourth-order valence-electron chi connectivity index (χ4n) is 4.20. The first-order valence-electron chi connectivity index (χ1n) is 9.65. The molecule has 0 radical (unpaired) electrons. The minimum atomic E-state index is 0.0226. The maximum atomic E-state index is 12.8. The largest absolute Gasteiger partial charge is 0.338 e. The monoisotopic (exact) mass is 367 g/mol. The van der Waals surface area contributed by atoms with Gasteiger partial charge in [0.25, 0.3) is 5.91 Å². The van der Waals surface area contributed by atoms with Crippen LogP contribution in [0.5, 0.6) is 0 Å². The van der Waals surface area contributed by atoms with Crippen LogP contribution in [-0.4, -0.2) is 61.8 Å². The van der Waals surface area contributed by atoms with Crippen LogP contribution in [0.1, 0.15) is 36.0 Å². The van der Waals surface area contributed by atoms with E-state index in [1.165, 1.54) is 0 Å². The molecule has 2 atom stereocenters. The summed E-state index contributed by atoms with van der Waals surface area (Å²) in [6.45, 7) is 2.92. The molecule has 0 unspecified atom stereocenters. The molecule has 3 fully saturated rings. The van der Waals surface area contributed by atoms with Crippen molar-refractivity contribution < 1.29 is 9.59 Å². The molecule has 0 saturated carbocycles. The van der Waals surface area contributed by atoms with Crippen LogP contribution in [0.3, 0.4) is 0 Å². The van der Waals surface area contributed by atoms with E-state index in [1.807, 2.05) is 20.6 Å². The Morgan fingerprint density at radius 3 is 2.81 bits per heavy atom. The summed E-state index contributed by atoms with van der Waals surface area (Å²) in [5.74, 6) is 0.594. The lowest BCUT2D eigenvalue weighted by Crippen LogP contribution is -2.47. The number of aryl methyl sites for hydroxylation is 1. The summed E-state index contributed by atoms with van der Waals surface area (Å²) in [4.78, 5) is 37.7. The molecular weight excluding hydrogens is 342 g/mol. The van der Waals surface area contributed by atoms with Crippen molar-refractivity contribution in [2.75, 3.05) is 19.6 Å². The summed E-state index contributed by atoms with van der Waals surface area (Å²) in [7, 11) is 0. The third kappa shape index (κ3) is 4.02. The SMILES string of the molecule is O=C(c1cccnc1)N1C[C@@H]2CC[C@H](C1)N(C(=O)CCCn1ccnc1)C2. The van der Waals surface area contributed by atoms with Gasteiger partial charge in [0.05, 0.1) is 11.9 Å². The van der Waals surface area contributed by atoms with Gasteiger partial charge < -0.3 is 14.4 Å². The average molecular weight is 367 g/mol. The van der Waals surface area contributed by atoms with Gasteiger partial charge in [-0.25, -0.2) is 4.98 Å². The Morgan fingerprint density at radius 1 is 1.11 bits per heavy atom. The van der Waals surface area contributed by atoms with Gasteiger partial charge in [0.2, 0.25) is 5.91 Å². The lowest BCUT2D eigenvalue weighted by molar-refractivity contribution is -0.135. The van der Waals surface area contributed by atoms with E-state index < -0.39 is 0 Å². The zero-order valence-corrected chi connectivity index (χ0v) is 15.4. The lowest BCUT2D eigenvalue weighted by Gasteiger charge is -2.36. The van der Waals surface area contributed by atoms with Crippen LogP contribution in [-0.2, 0) is 11.3 Å². The Bertz CT molecular complexity index is 777. The van der Waals surface area contributed by atoms with Gasteiger partial charge in [-0.15, -0.1) is 0 Å². The number of nitrogens with zero attached hydrogens (tertiary/aromatic N) is 5. The summed E-state index contributed by atoms with van der Waals surface area (Å²) < 4.78 is 2.00. The molecule has 2 amide bonds. The van der Waals surface area contributed by atoms with Gasteiger partial charge in [-0.1, -0.05) is 0 Å². The second-order valence-corrected chi connectivity index (χ2v) is 7.50. The van der Waals surface area contributed by atoms with Crippen LogP contribution < -0.4 is 0 Å². The summed E-state index contributed by atoms with van der Waals surface area (Å²) in [5.41, 5.74) is 0.622. The second kappa shape index (κ2) is 7.90. The van der Waals surface area contributed by atoms with E-state index in [4.69, 9.17) is 0 Å². The first-order valence-corrected chi connectivity index (χ1v) is 9.65.